The largest absolute Gasteiger partial charge is 0.352 e. The first-order valence-electron chi connectivity index (χ1n) is 9.32. The SMILES string of the molecule is CCCOC1O[C@@H]2O[C@]3(C)CCC4[C@H](C)CCC([C@H]1C)[C@]42OO3. The summed E-state index contributed by atoms with van der Waals surface area (Å²) in [5, 5.41) is 0. The fourth-order valence-electron chi connectivity index (χ4n) is 5.30. The van der Waals surface area contributed by atoms with Gasteiger partial charge in [0, 0.05) is 24.9 Å². The van der Waals surface area contributed by atoms with E-state index in [1.54, 1.807) is 0 Å². The van der Waals surface area contributed by atoms with Crippen LogP contribution in [0.1, 0.15) is 59.8 Å². The van der Waals surface area contributed by atoms with Gasteiger partial charge in [0.15, 0.2) is 18.2 Å². The van der Waals surface area contributed by atoms with Gasteiger partial charge in [0.05, 0.1) is 0 Å². The Kier molecular flexibility index (Phi) is 4.01. The average Bonchev–Trinajstić information content (AvgIpc) is 2.76. The Morgan fingerprint density at radius 2 is 1.91 bits per heavy atom. The van der Waals surface area contributed by atoms with Gasteiger partial charge in [0.25, 0.3) is 0 Å². The highest BCUT2D eigenvalue weighted by atomic mass is 17.3. The molecule has 8 atom stereocenters. The van der Waals surface area contributed by atoms with Crippen LogP contribution < -0.4 is 0 Å². The summed E-state index contributed by atoms with van der Waals surface area (Å²) in [5.41, 5.74) is -0.473. The van der Waals surface area contributed by atoms with Gasteiger partial charge < -0.3 is 14.2 Å². The maximum atomic E-state index is 6.31. The normalized spacial score (nSPS) is 55.3. The summed E-state index contributed by atoms with van der Waals surface area (Å²) < 4.78 is 18.6. The number of rotatable bonds is 3. The summed E-state index contributed by atoms with van der Waals surface area (Å²) in [6.07, 6.45) is 4.66. The van der Waals surface area contributed by atoms with Gasteiger partial charge in [-0.15, -0.1) is 0 Å². The van der Waals surface area contributed by atoms with Crippen LogP contribution in [0, 0.1) is 23.7 Å². The van der Waals surface area contributed by atoms with Crippen LogP contribution in [0.2, 0.25) is 0 Å². The molecule has 0 N–H and O–H groups in total. The quantitative estimate of drug-likeness (QED) is 0.741. The third-order valence-electron chi connectivity index (χ3n) is 6.58. The molecule has 132 valence electrons. The molecule has 0 amide bonds. The van der Waals surface area contributed by atoms with Crippen molar-refractivity contribution in [1.82, 2.24) is 0 Å². The highest BCUT2D eigenvalue weighted by Crippen LogP contribution is 2.60. The average molecular weight is 326 g/mol. The molecule has 4 saturated heterocycles. The molecule has 0 aromatic rings. The molecule has 5 heteroatoms. The lowest BCUT2D eigenvalue weighted by Crippen LogP contribution is -2.70. The van der Waals surface area contributed by atoms with Crippen molar-refractivity contribution in [2.24, 2.45) is 23.7 Å². The van der Waals surface area contributed by atoms with E-state index < -0.39 is 11.4 Å². The lowest BCUT2D eigenvalue weighted by Gasteiger charge is -2.60. The Morgan fingerprint density at radius 1 is 1.09 bits per heavy atom. The lowest BCUT2D eigenvalue weighted by atomic mass is 9.58. The van der Waals surface area contributed by atoms with Gasteiger partial charge in [-0.05, 0) is 44.4 Å². The Bertz CT molecular complexity index is 457. The highest BCUT2D eigenvalue weighted by Gasteiger charge is 2.69. The van der Waals surface area contributed by atoms with Gasteiger partial charge in [0.2, 0.25) is 5.79 Å². The molecule has 1 saturated carbocycles. The van der Waals surface area contributed by atoms with Gasteiger partial charge in [-0.2, -0.15) is 0 Å². The van der Waals surface area contributed by atoms with Crippen LogP contribution in [0.15, 0.2) is 0 Å². The fourth-order valence-corrected chi connectivity index (χ4v) is 5.30. The number of ether oxygens (including phenoxy) is 3. The van der Waals surface area contributed by atoms with Crippen LogP contribution in [0.5, 0.6) is 0 Å². The molecule has 5 nitrogen and oxygen atoms in total. The van der Waals surface area contributed by atoms with Crippen molar-refractivity contribution in [1.29, 1.82) is 0 Å². The van der Waals surface area contributed by atoms with Crippen molar-refractivity contribution in [2.75, 3.05) is 6.61 Å². The zero-order chi connectivity index (χ0) is 16.2. The Balaban J connectivity index is 1.70. The van der Waals surface area contributed by atoms with Crippen molar-refractivity contribution >= 4 is 0 Å². The maximum absolute atomic E-state index is 6.31. The Morgan fingerprint density at radius 3 is 2.70 bits per heavy atom. The van der Waals surface area contributed by atoms with Crippen molar-refractivity contribution in [3.8, 4) is 0 Å². The van der Waals surface area contributed by atoms with E-state index in [-0.39, 0.29) is 18.5 Å². The van der Waals surface area contributed by atoms with E-state index in [4.69, 9.17) is 24.0 Å². The van der Waals surface area contributed by atoms with Crippen LogP contribution >= 0.6 is 0 Å². The molecule has 2 bridgehead atoms. The maximum Gasteiger partial charge on any atom is 0.201 e. The zero-order valence-corrected chi connectivity index (χ0v) is 14.7. The first-order valence-corrected chi connectivity index (χ1v) is 9.32. The topological polar surface area (TPSA) is 46.2 Å². The number of hydrogen-bond donors (Lipinski definition) is 0. The molecule has 1 aliphatic carbocycles. The van der Waals surface area contributed by atoms with Gasteiger partial charge >= 0.3 is 0 Å². The van der Waals surface area contributed by atoms with E-state index in [1.807, 2.05) is 6.92 Å². The second-order valence-corrected chi connectivity index (χ2v) is 8.14. The molecular formula is C18H30O5. The second-order valence-electron chi connectivity index (χ2n) is 8.14. The summed E-state index contributed by atoms with van der Waals surface area (Å²) >= 11 is 0. The molecule has 23 heavy (non-hydrogen) atoms. The van der Waals surface area contributed by atoms with Crippen molar-refractivity contribution in [3.63, 3.8) is 0 Å². The third kappa shape index (κ3) is 2.31. The molecular weight excluding hydrogens is 296 g/mol. The third-order valence-corrected chi connectivity index (χ3v) is 6.58. The number of fused-ring (bicyclic) bond motifs is 2. The molecule has 5 rings (SSSR count). The zero-order valence-electron chi connectivity index (χ0n) is 14.7. The molecule has 4 heterocycles. The molecule has 5 fully saturated rings. The van der Waals surface area contributed by atoms with E-state index in [2.05, 4.69) is 20.8 Å². The minimum Gasteiger partial charge on any atom is -0.352 e. The van der Waals surface area contributed by atoms with Crippen molar-refractivity contribution in [2.45, 2.75) is 83.8 Å². The molecule has 3 unspecified atom stereocenters. The van der Waals surface area contributed by atoms with E-state index >= 15 is 0 Å². The summed E-state index contributed by atoms with van der Waals surface area (Å²) in [7, 11) is 0. The summed E-state index contributed by atoms with van der Waals surface area (Å²) in [4.78, 5) is 11.9. The van der Waals surface area contributed by atoms with E-state index in [1.165, 1.54) is 6.42 Å². The lowest BCUT2D eigenvalue weighted by molar-refractivity contribution is -0.577. The van der Waals surface area contributed by atoms with Crippen LogP contribution in [0.25, 0.3) is 0 Å². The first kappa shape index (κ1) is 16.3. The van der Waals surface area contributed by atoms with Crippen molar-refractivity contribution in [3.05, 3.63) is 0 Å². The smallest absolute Gasteiger partial charge is 0.201 e. The standard InChI is InChI=1S/C18H30O5/c1-5-10-19-15-12(3)14-7-6-11(2)13-8-9-17(4)21-16(20-15)18(13,14)23-22-17/h11-16H,5-10H2,1-4H3/t11-,12-,13?,14?,15?,16-,17+,18-/m1/s1. The highest BCUT2D eigenvalue weighted by molar-refractivity contribution is 5.09. The van der Waals surface area contributed by atoms with Crippen molar-refractivity contribution < 1.29 is 24.0 Å². The predicted octanol–water partition coefficient (Wildman–Crippen LogP) is 3.62. The van der Waals surface area contributed by atoms with E-state index in [9.17, 15) is 0 Å². The fraction of sp³-hybridized carbons (Fsp3) is 1.00. The van der Waals surface area contributed by atoms with Gasteiger partial charge in [-0.3, -0.25) is 0 Å². The molecule has 1 spiro atoms. The summed E-state index contributed by atoms with van der Waals surface area (Å²) in [6, 6.07) is 0. The molecule has 4 aliphatic heterocycles. The minimum absolute atomic E-state index is 0.212. The van der Waals surface area contributed by atoms with Crippen LogP contribution in [-0.4, -0.2) is 30.6 Å². The van der Waals surface area contributed by atoms with Gasteiger partial charge in [0.1, 0.15) is 0 Å². The van der Waals surface area contributed by atoms with E-state index in [0.717, 1.165) is 32.3 Å². The summed E-state index contributed by atoms with van der Waals surface area (Å²) in [6.45, 7) is 9.36. The van der Waals surface area contributed by atoms with Crippen LogP contribution in [0.3, 0.4) is 0 Å². The molecule has 5 aliphatic rings. The molecule has 0 aromatic carbocycles. The molecule has 0 aromatic heterocycles. The first-order chi connectivity index (χ1) is 11.0. The predicted molar refractivity (Wildman–Crippen MR) is 83.1 cm³/mol. The molecule has 0 radical (unpaired) electrons. The van der Waals surface area contributed by atoms with Gasteiger partial charge in [-0.25, -0.2) is 9.78 Å². The second kappa shape index (κ2) is 5.67. The summed E-state index contributed by atoms with van der Waals surface area (Å²) in [5.74, 6) is 0.956. The Hall–Kier alpha value is -0.200. The van der Waals surface area contributed by atoms with Gasteiger partial charge in [-0.1, -0.05) is 20.8 Å². The minimum atomic E-state index is -0.701. The van der Waals surface area contributed by atoms with Crippen LogP contribution in [0.4, 0.5) is 0 Å². The number of hydrogen-bond acceptors (Lipinski definition) is 5. The van der Waals surface area contributed by atoms with E-state index in [0.29, 0.717) is 17.8 Å². The Labute approximate surface area is 138 Å². The van der Waals surface area contributed by atoms with Crippen LogP contribution in [-0.2, 0) is 24.0 Å². The monoisotopic (exact) mass is 326 g/mol.